The van der Waals surface area contributed by atoms with Crippen LogP contribution in [0.3, 0.4) is 0 Å². The molecule has 2 rings (SSSR count). The number of amides is 1. The minimum Gasteiger partial charge on any atom is -0.491 e. The molecule has 2 unspecified atom stereocenters. The van der Waals surface area contributed by atoms with Crippen LogP contribution >= 0.6 is 23.2 Å². The molecule has 176 valence electrons. The second-order valence-electron chi connectivity index (χ2n) is 7.11. The van der Waals surface area contributed by atoms with Crippen LogP contribution in [0.15, 0.2) is 42.5 Å². The normalized spacial score (nSPS) is 12.2. The van der Waals surface area contributed by atoms with Gasteiger partial charge in [-0.25, -0.2) is 4.79 Å². The standard InChI is InChI=1S/C25H27Cl2NO5/c1-4-17(2)32-15-16-33-19-13-11-18(12-14-19)7-5-10-22(25(30)31-3)28-24(29)23-20(26)8-6-9-21(23)27/h6,8-9,11-14,17,22H,4,10,15-16H2,1-3H3,(H,28,29). The predicted molar refractivity (Wildman–Crippen MR) is 129 cm³/mol. The molecular formula is C25H27Cl2NO5. The Labute approximate surface area is 204 Å². The lowest BCUT2D eigenvalue weighted by atomic mass is 10.1. The summed E-state index contributed by atoms with van der Waals surface area (Å²) in [4.78, 5) is 24.7. The van der Waals surface area contributed by atoms with Gasteiger partial charge in [-0.1, -0.05) is 48.0 Å². The van der Waals surface area contributed by atoms with Crippen molar-refractivity contribution >= 4 is 35.1 Å². The van der Waals surface area contributed by atoms with Crippen LogP contribution < -0.4 is 10.1 Å². The molecule has 2 aromatic carbocycles. The molecule has 0 aliphatic carbocycles. The molecule has 0 fully saturated rings. The number of esters is 1. The first kappa shape index (κ1) is 26.5. The third-order valence-electron chi connectivity index (χ3n) is 4.70. The van der Waals surface area contributed by atoms with Gasteiger partial charge in [0.2, 0.25) is 0 Å². The monoisotopic (exact) mass is 491 g/mol. The molecule has 0 aliphatic rings. The topological polar surface area (TPSA) is 73.9 Å². The van der Waals surface area contributed by atoms with E-state index in [2.05, 4.69) is 24.1 Å². The molecule has 0 bridgehead atoms. The predicted octanol–water partition coefficient (Wildman–Crippen LogP) is 4.90. The molecule has 33 heavy (non-hydrogen) atoms. The summed E-state index contributed by atoms with van der Waals surface area (Å²) in [5.41, 5.74) is 0.829. The van der Waals surface area contributed by atoms with Crippen molar-refractivity contribution in [2.75, 3.05) is 20.3 Å². The summed E-state index contributed by atoms with van der Waals surface area (Å²) in [5, 5.41) is 2.95. The molecule has 0 radical (unpaired) electrons. The molecule has 1 amide bonds. The molecule has 8 heteroatoms. The van der Waals surface area contributed by atoms with Crippen molar-refractivity contribution in [1.82, 2.24) is 5.32 Å². The lowest BCUT2D eigenvalue weighted by Gasteiger charge is -2.15. The molecule has 2 aromatic rings. The summed E-state index contributed by atoms with van der Waals surface area (Å²) in [6.07, 6.45) is 1.22. The van der Waals surface area contributed by atoms with Crippen LogP contribution in [-0.4, -0.2) is 44.3 Å². The number of rotatable bonds is 10. The molecule has 0 aliphatic heterocycles. The number of halogens is 2. The van der Waals surface area contributed by atoms with Crippen LogP contribution in [0.4, 0.5) is 0 Å². The van der Waals surface area contributed by atoms with Crippen LogP contribution in [-0.2, 0) is 14.3 Å². The Balaban J connectivity index is 1.95. The van der Waals surface area contributed by atoms with E-state index in [0.29, 0.717) is 19.0 Å². The number of methoxy groups -OCH3 is 1. The Morgan fingerprint density at radius 3 is 2.33 bits per heavy atom. The van der Waals surface area contributed by atoms with E-state index >= 15 is 0 Å². The van der Waals surface area contributed by atoms with Gasteiger partial charge in [0.05, 0.1) is 35.4 Å². The number of carbonyl (C=O) groups excluding carboxylic acids is 2. The van der Waals surface area contributed by atoms with E-state index in [0.717, 1.165) is 12.0 Å². The fourth-order valence-electron chi connectivity index (χ4n) is 2.70. The van der Waals surface area contributed by atoms with Gasteiger partial charge in [0, 0.05) is 12.0 Å². The average molecular weight is 492 g/mol. The van der Waals surface area contributed by atoms with Gasteiger partial charge in [-0.3, -0.25) is 4.79 Å². The van der Waals surface area contributed by atoms with Gasteiger partial charge in [0.25, 0.3) is 5.91 Å². The van der Waals surface area contributed by atoms with Gasteiger partial charge in [0.15, 0.2) is 0 Å². The number of hydrogen-bond acceptors (Lipinski definition) is 5. The molecule has 0 spiro atoms. The third-order valence-corrected chi connectivity index (χ3v) is 5.33. The Morgan fingerprint density at radius 2 is 1.73 bits per heavy atom. The van der Waals surface area contributed by atoms with Crippen molar-refractivity contribution in [3.8, 4) is 17.6 Å². The minimum absolute atomic E-state index is 0.0473. The summed E-state index contributed by atoms with van der Waals surface area (Å²) in [6, 6.07) is 11.0. The molecule has 6 nitrogen and oxygen atoms in total. The molecular weight excluding hydrogens is 465 g/mol. The summed E-state index contributed by atoms with van der Waals surface area (Å²) < 4.78 is 16.0. The van der Waals surface area contributed by atoms with E-state index in [4.69, 9.17) is 37.4 Å². The first-order valence-electron chi connectivity index (χ1n) is 10.5. The molecule has 0 heterocycles. The molecule has 0 aromatic heterocycles. The van der Waals surface area contributed by atoms with Crippen LogP contribution in [0, 0.1) is 11.8 Å². The van der Waals surface area contributed by atoms with E-state index < -0.39 is 17.9 Å². The van der Waals surface area contributed by atoms with Crippen molar-refractivity contribution in [3.05, 3.63) is 63.6 Å². The van der Waals surface area contributed by atoms with Crippen LogP contribution in [0.2, 0.25) is 10.0 Å². The van der Waals surface area contributed by atoms with Gasteiger partial charge in [-0.2, -0.15) is 0 Å². The van der Waals surface area contributed by atoms with Crippen LogP contribution in [0.25, 0.3) is 0 Å². The molecule has 0 saturated carbocycles. The lowest BCUT2D eigenvalue weighted by Crippen LogP contribution is -2.41. The zero-order chi connectivity index (χ0) is 24.2. The average Bonchev–Trinajstić information content (AvgIpc) is 2.81. The third kappa shape index (κ3) is 8.62. The number of hydrogen-bond donors (Lipinski definition) is 1. The lowest BCUT2D eigenvalue weighted by molar-refractivity contribution is -0.142. The van der Waals surface area contributed by atoms with Crippen molar-refractivity contribution in [2.24, 2.45) is 0 Å². The van der Waals surface area contributed by atoms with Gasteiger partial charge < -0.3 is 19.5 Å². The first-order chi connectivity index (χ1) is 15.8. The van der Waals surface area contributed by atoms with Gasteiger partial charge in [0.1, 0.15) is 18.4 Å². The SMILES string of the molecule is CCC(C)OCCOc1ccc(C#CCC(NC(=O)c2c(Cl)cccc2Cl)C(=O)OC)cc1. The largest absolute Gasteiger partial charge is 0.491 e. The number of ether oxygens (including phenoxy) is 3. The fourth-order valence-corrected chi connectivity index (χ4v) is 3.27. The van der Waals surface area contributed by atoms with Gasteiger partial charge in [-0.05, 0) is 49.7 Å². The van der Waals surface area contributed by atoms with Gasteiger partial charge in [-0.15, -0.1) is 0 Å². The summed E-state index contributed by atoms with van der Waals surface area (Å²) >= 11 is 12.1. The quantitative estimate of drug-likeness (QED) is 0.290. The van der Waals surface area contributed by atoms with E-state index in [1.165, 1.54) is 7.11 Å². The fraction of sp³-hybridized carbons (Fsp3) is 0.360. The van der Waals surface area contributed by atoms with E-state index in [9.17, 15) is 9.59 Å². The Kier molecular flexibility index (Phi) is 11.0. The number of carbonyl (C=O) groups is 2. The molecule has 0 saturated heterocycles. The smallest absolute Gasteiger partial charge is 0.329 e. The highest BCUT2D eigenvalue weighted by Crippen LogP contribution is 2.24. The zero-order valence-electron chi connectivity index (χ0n) is 18.8. The van der Waals surface area contributed by atoms with Crippen LogP contribution in [0.1, 0.15) is 42.6 Å². The maximum absolute atomic E-state index is 12.6. The zero-order valence-corrected chi connectivity index (χ0v) is 20.3. The van der Waals surface area contributed by atoms with Crippen LogP contribution in [0.5, 0.6) is 5.75 Å². The molecule has 1 N–H and O–H groups in total. The first-order valence-corrected chi connectivity index (χ1v) is 11.3. The second kappa shape index (κ2) is 13.7. The second-order valence-corrected chi connectivity index (χ2v) is 7.93. The Bertz CT molecular complexity index is 978. The van der Waals surface area contributed by atoms with E-state index in [1.807, 2.05) is 31.2 Å². The summed E-state index contributed by atoms with van der Waals surface area (Å²) in [6.45, 7) is 5.08. The van der Waals surface area contributed by atoms with E-state index in [1.54, 1.807) is 18.2 Å². The van der Waals surface area contributed by atoms with Crippen molar-refractivity contribution < 1.29 is 23.8 Å². The van der Waals surface area contributed by atoms with E-state index in [-0.39, 0.29) is 28.1 Å². The summed E-state index contributed by atoms with van der Waals surface area (Å²) in [5.74, 6) is 5.38. The van der Waals surface area contributed by atoms with Gasteiger partial charge >= 0.3 is 5.97 Å². The highest BCUT2D eigenvalue weighted by atomic mass is 35.5. The maximum Gasteiger partial charge on any atom is 0.329 e. The minimum atomic E-state index is -0.976. The Hall–Kier alpha value is -2.72. The molecule has 2 atom stereocenters. The summed E-state index contributed by atoms with van der Waals surface area (Å²) in [7, 11) is 1.24. The van der Waals surface area contributed by atoms with Crippen molar-refractivity contribution in [1.29, 1.82) is 0 Å². The highest BCUT2D eigenvalue weighted by Gasteiger charge is 2.23. The maximum atomic E-state index is 12.6. The van der Waals surface area contributed by atoms with Crippen molar-refractivity contribution in [2.45, 2.75) is 38.8 Å². The highest BCUT2D eigenvalue weighted by molar-refractivity contribution is 6.39. The number of benzene rings is 2. The number of nitrogens with one attached hydrogen (secondary N) is 1. The van der Waals surface area contributed by atoms with Crippen molar-refractivity contribution in [3.63, 3.8) is 0 Å². The Morgan fingerprint density at radius 1 is 1.06 bits per heavy atom.